The zero-order chi connectivity index (χ0) is 15.2. The van der Waals surface area contributed by atoms with Gasteiger partial charge in [-0.1, -0.05) is 18.5 Å². The molecule has 0 spiro atoms. The highest BCUT2D eigenvalue weighted by Crippen LogP contribution is 2.12. The lowest BCUT2D eigenvalue weighted by atomic mass is 9.97. The van der Waals surface area contributed by atoms with Crippen LogP contribution in [-0.4, -0.2) is 39.3 Å². The van der Waals surface area contributed by atoms with Gasteiger partial charge in [0.25, 0.3) is 0 Å². The maximum Gasteiger partial charge on any atom is 0.329 e. The predicted molar refractivity (Wildman–Crippen MR) is 70.2 cm³/mol. The van der Waals surface area contributed by atoms with E-state index in [-0.39, 0.29) is 0 Å². The summed E-state index contributed by atoms with van der Waals surface area (Å²) in [4.78, 5) is 26.8. The topological polar surface area (TPSA) is 117 Å². The van der Waals surface area contributed by atoms with Gasteiger partial charge in [0.1, 0.15) is 5.54 Å². The van der Waals surface area contributed by atoms with Crippen molar-refractivity contribution in [3.8, 4) is 0 Å². The fourth-order valence-corrected chi connectivity index (χ4v) is 1.75. The van der Waals surface area contributed by atoms with Crippen LogP contribution in [0.1, 0.15) is 38.4 Å². The summed E-state index contributed by atoms with van der Waals surface area (Å²) in [5, 5.41) is 17.9. The molecule has 0 aliphatic carbocycles. The van der Waals surface area contributed by atoms with Gasteiger partial charge in [-0.3, -0.25) is 0 Å². The Kier molecular flexibility index (Phi) is 5.48. The third kappa shape index (κ3) is 4.52. The molecule has 0 radical (unpaired) electrons. The molecule has 1 aromatic rings. The number of carbonyl (C=O) groups is 2. The van der Waals surface area contributed by atoms with Crippen molar-refractivity contribution in [2.24, 2.45) is 0 Å². The fraction of sp³-hybridized carbons (Fsp3) is 0.667. The normalized spacial score (nSPS) is 13.6. The Bertz CT molecular complexity index is 474. The van der Waals surface area contributed by atoms with Gasteiger partial charge in [0.2, 0.25) is 5.89 Å². The van der Waals surface area contributed by atoms with Crippen molar-refractivity contribution >= 4 is 12.0 Å². The summed E-state index contributed by atoms with van der Waals surface area (Å²) < 4.78 is 4.80. The zero-order valence-corrected chi connectivity index (χ0v) is 11.9. The van der Waals surface area contributed by atoms with Crippen LogP contribution in [0.4, 0.5) is 4.79 Å². The average Bonchev–Trinajstić information content (AvgIpc) is 2.75. The largest absolute Gasteiger partial charge is 0.480 e. The van der Waals surface area contributed by atoms with E-state index < -0.39 is 17.5 Å². The van der Waals surface area contributed by atoms with E-state index in [9.17, 15) is 9.59 Å². The number of rotatable bonds is 7. The summed E-state index contributed by atoms with van der Waals surface area (Å²) in [6, 6.07) is -0.524. The van der Waals surface area contributed by atoms with Gasteiger partial charge in [-0.15, -0.1) is 0 Å². The molecular formula is C12H20N4O4. The van der Waals surface area contributed by atoms with Crippen LogP contribution in [0, 0.1) is 6.92 Å². The molecule has 8 heteroatoms. The Morgan fingerprint density at radius 3 is 2.65 bits per heavy atom. The molecule has 0 fully saturated rings. The molecule has 1 unspecified atom stereocenters. The quantitative estimate of drug-likeness (QED) is 0.683. The van der Waals surface area contributed by atoms with Crippen LogP contribution in [0.25, 0.3) is 0 Å². The zero-order valence-electron chi connectivity index (χ0n) is 11.9. The lowest BCUT2D eigenvalue weighted by molar-refractivity contribution is -0.144. The van der Waals surface area contributed by atoms with Gasteiger partial charge in [-0.05, 0) is 13.3 Å². The number of urea groups is 1. The van der Waals surface area contributed by atoms with Crippen molar-refractivity contribution in [3.63, 3.8) is 0 Å². The van der Waals surface area contributed by atoms with Crippen molar-refractivity contribution in [2.45, 2.75) is 45.6 Å². The smallest absolute Gasteiger partial charge is 0.329 e. The van der Waals surface area contributed by atoms with Gasteiger partial charge in [-0.25, -0.2) is 9.59 Å². The maximum atomic E-state index is 11.7. The molecule has 8 nitrogen and oxygen atoms in total. The van der Waals surface area contributed by atoms with Crippen LogP contribution in [0.15, 0.2) is 4.52 Å². The molecule has 0 aromatic carbocycles. The monoisotopic (exact) mass is 284 g/mol. The van der Waals surface area contributed by atoms with Gasteiger partial charge < -0.3 is 20.3 Å². The van der Waals surface area contributed by atoms with Gasteiger partial charge in [0, 0.05) is 19.9 Å². The van der Waals surface area contributed by atoms with Crippen molar-refractivity contribution in [1.82, 2.24) is 20.8 Å². The lowest BCUT2D eigenvalue weighted by Gasteiger charge is -2.25. The molecule has 20 heavy (non-hydrogen) atoms. The fourth-order valence-electron chi connectivity index (χ4n) is 1.75. The molecule has 3 N–H and O–H groups in total. The number of carboxylic acids is 1. The van der Waals surface area contributed by atoms with E-state index >= 15 is 0 Å². The molecule has 0 saturated carbocycles. The van der Waals surface area contributed by atoms with E-state index in [1.807, 2.05) is 6.92 Å². The molecule has 0 saturated heterocycles. The Labute approximate surface area is 116 Å². The van der Waals surface area contributed by atoms with E-state index in [0.29, 0.717) is 37.5 Å². The minimum Gasteiger partial charge on any atom is -0.480 e. The first-order valence-electron chi connectivity index (χ1n) is 6.46. The van der Waals surface area contributed by atoms with E-state index in [1.165, 1.54) is 6.92 Å². The van der Waals surface area contributed by atoms with Crippen LogP contribution in [-0.2, 0) is 11.2 Å². The van der Waals surface area contributed by atoms with Crippen molar-refractivity contribution < 1.29 is 19.2 Å². The van der Waals surface area contributed by atoms with Gasteiger partial charge in [0.05, 0.1) is 0 Å². The summed E-state index contributed by atoms with van der Waals surface area (Å²) in [5.41, 5.74) is -1.26. The van der Waals surface area contributed by atoms with E-state index in [1.54, 1.807) is 6.92 Å². The van der Waals surface area contributed by atoms with Gasteiger partial charge in [0.15, 0.2) is 5.82 Å². The SMILES string of the molecule is CCCC(C)(NC(=O)NCCc1noc(C)n1)C(=O)O. The van der Waals surface area contributed by atoms with Crippen LogP contribution in [0.2, 0.25) is 0 Å². The number of hydrogen-bond acceptors (Lipinski definition) is 5. The molecule has 1 atom stereocenters. The number of hydrogen-bond donors (Lipinski definition) is 3. The molecule has 0 bridgehead atoms. The highest BCUT2D eigenvalue weighted by Gasteiger charge is 2.33. The second kappa shape index (κ2) is 6.88. The van der Waals surface area contributed by atoms with Crippen LogP contribution < -0.4 is 10.6 Å². The number of carbonyl (C=O) groups excluding carboxylic acids is 1. The Morgan fingerprint density at radius 1 is 1.45 bits per heavy atom. The van der Waals surface area contributed by atoms with Crippen molar-refractivity contribution in [1.29, 1.82) is 0 Å². The molecule has 2 amide bonds. The number of aryl methyl sites for hydroxylation is 1. The molecule has 1 heterocycles. The van der Waals surface area contributed by atoms with Crippen LogP contribution in [0.5, 0.6) is 0 Å². The Morgan fingerprint density at radius 2 is 2.15 bits per heavy atom. The molecule has 1 rings (SSSR count). The first-order chi connectivity index (χ1) is 9.37. The Hall–Kier alpha value is -2.12. The molecular weight excluding hydrogens is 264 g/mol. The maximum absolute atomic E-state index is 11.7. The number of carboxylic acid groups (broad SMARTS) is 1. The van der Waals surface area contributed by atoms with Crippen molar-refractivity contribution in [3.05, 3.63) is 11.7 Å². The summed E-state index contributed by atoms with van der Waals surface area (Å²) in [7, 11) is 0. The number of aliphatic carboxylic acids is 1. The molecule has 112 valence electrons. The number of nitrogens with one attached hydrogen (secondary N) is 2. The summed E-state index contributed by atoms with van der Waals surface area (Å²) >= 11 is 0. The molecule has 1 aromatic heterocycles. The molecule has 0 aliphatic rings. The minimum atomic E-state index is -1.26. The average molecular weight is 284 g/mol. The first-order valence-corrected chi connectivity index (χ1v) is 6.46. The number of nitrogens with zero attached hydrogens (tertiary/aromatic N) is 2. The second-order valence-electron chi connectivity index (χ2n) is 4.75. The summed E-state index contributed by atoms with van der Waals surface area (Å²) in [6.07, 6.45) is 1.44. The third-order valence-corrected chi connectivity index (χ3v) is 2.82. The van der Waals surface area contributed by atoms with E-state index in [4.69, 9.17) is 9.63 Å². The second-order valence-corrected chi connectivity index (χ2v) is 4.75. The lowest BCUT2D eigenvalue weighted by Crippen LogP contribution is -2.55. The first kappa shape index (κ1) is 15.9. The van der Waals surface area contributed by atoms with Crippen LogP contribution >= 0.6 is 0 Å². The third-order valence-electron chi connectivity index (χ3n) is 2.82. The predicted octanol–water partition coefficient (Wildman–Crippen LogP) is 0.863. The molecule has 0 aliphatic heterocycles. The Balaban J connectivity index is 2.40. The standard InChI is InChI=1S/C12H20N4O4/c1-4-6-12(3,10(17)18)15-11(19)13-7-5-9-14-8(2)20-16-9/h4-7H2,1-3H3,(H,17,18)(H2,13,15,19). The van der Waals surface area contributed by atoms with E-state index in [0.717, 1.165) is 0 Å². The highest BCUT2D eigenvalue weighted by atomic mass is 16.5. The van der Waals surface area contributed by atoms with Crippen LogP contribution in [0.3, 0.4) is 0 Å². The van der Waals surface area contributed by atoms with Gasteiger partial charge >= 0.3 is 12.0 Å². The van der Waals surface area contributed by atoms with Gasteiger partial charge in [-0.2, -0.15) is 4.98 Å². The van der Waals surface area contributed by atoms with Crippen molar-refractivity contribution in [2.75, 3.05) is 6.54 Å². The minimum absolute atomic E-state index is 0.298. The summed E-state index contributed by atoms with van der Waals surface area (Å²) in [5.74, 6) is -0.0912. The number of aromatic nitrogens is 2. The summed E-state index contributed by atoms with van der Waals surface area (Å²) in [6.45, 7) is 5.33. The number of amides is 2. The van der Waals surface area contributed by atoms with E-state index in [2.05, 4.69) is 20.8 Å². The highest BCUT2D eigenvalue weighted by molar-refractivity contribution is 5.85.